The van der Waals surface area contributed by atoms with Gasteiger partial charge in [-0.25, -0.2) is 0 Å². The van der Waals surface area contributed by atoms with E-state index in [0.29, 0.717) is 12.3 Å². The highest BCUT2D eigenvalue weighted by Crippen LogP contribution is 2.26. The maximum atomic E-state index is 12.6. The number of amides is 1. The summed E-state index contributed by atoms with van der Waals surface area (Å²) in [7, 11) is 0. The van der Waals surface area contributed by atoms with Gasteiger partial charge in [-0.05, 0) is 12.1 Å². The Morgan fingerprint density at radius 2 is 1.50 bits per heavy atom. The van der Waals surface area contributed by atoms with Crippen LogP contribution in [0.3, 0.4) is 0 Å². The number of nitrogens with one attached hydrogen (secondary N) is 1. The first kappa shape index (κ1) is 19.7. The second-order valence-electron chi connectivity index (χ2n) is 6.23. The highest BCUT2D eigenvalue weighted by molar-refractivity contribution is 7.99. The Kier molecular flexibility index (Phi) is 7.25. The number of quaternary nitrogens is 1. The SMILES string of the molecule is N#CCSc1ccccc1NC(=O)C[NH2+]C(c1ccccc1)c1ccccc1. The number of carbonyl (C=O) groups excluding carboxylic acids is 1. The first-order chi connectivity index (χ1) is 13.8. The van der Waals surface area contributed by atoms with Crippen molar-refractivity contribution in [3.63, 3.8) is 0 Å². The van der Waals surface area contributed by atoms with Gasteiger partial charge >= 0.3 is 0 Å². The number of rotatable bonds is 8. The van der Waals surface area contributed by atoms with Crippen LogP contribution in [0.4, 0.5) is 5.69 Å². The molecule has 0 fully saturated rings. The summed E-state index contributed by atoms with van der Waals surface area (Å²) < 4.78 is 0. The molecule has 0 aliphatic heterocycles. The van der Waals surface area contributed by atoms with Gasteiger partial charge in [-0.1, -0.05) is 72.8 Å². The van der Waals surface area contributed by atoms with E-state index < -0.39 is 0 Å². The Balaban J connectivity index is 1.69. The number of anilines is 1. The van der Waals surface area contributed by atoms with Crippen LogP contribution in [0.15, 0.2) is 89.8 Å². The Labute approximate surface area is 169 Å². The third kappa shape index (κ3) is 5.46. The average molecular weight is 389 g/mol. The molecule has 0 saturated carbocycles. The van der Waals surface area contributed by atoms with E-state index in [0.717, 1.165) is 21.7 Å². The summed E-state index contributed by atoms with van der Waals surface area (Å²) in [6.07, 6.45) is 0. The second-order valence-corrected chi connectivity index (χ2v) is 7.25. The molecule has 0 radical (unpaired) electrons. The fourth-order valence-corrected chi connectivity index (χ4v) is 3.69. The summed E-state index contributed by atoms with van der Waals surface area (Å²) in [6.45, 7) is 0.297. The van der Waals surface area contributed by atoms with Gasteiger partial charge < -0.3 is 10.6 Å². The minimum atomic E-state index is -0.0677. The van der Waals surface area contributed by atoms with Crippen molar-refractivity contribution in [3.8, 4) is 6.07 Å². The zero-order valence-corrected chi connectivity index (χ0v) is 16.2. The summed E-state index contributed by atoms with van der Waals surface area (Å²) in [6, 6.07) is 30.1. The Morgan fingerprint density at radius 1 is 0.929 bits per heavy atom. The van der Waals surface area contributed by atoms with Crippen molar-refractivity contribution >= 4 is 23.4 Å². The van der Waals surface area contributed by atoms with Crippen molar-refractivity contribution in [2.24, 2.45) is 0 Å². The first-order valence-corrected chi connectivity index (χ1v) is 10.1. The molecule has 0 aromatic heterocycles. The van der Waals surface area contributed by atoms with E-state index >= 15 is 0 Å². The third-order valence-electron chi connectivity index (χ3n) is 4.31. The largest absolute Gasteiger partial charge is 0.328 e. The number of hydrogen-bond acceptors (Lipinski definition) is 3. The topological polar surface area (TPSA) is 69.5 Å². The lowest BCUT2D eigenvalue weighted by Crippen LogP contribution is -2.87. The van der Waals surface area contributed by atoms with Crippen molar-refractivity contribution in [2.75, 3.05) is 17.6 Å². The molecule has 0 aliphatic carbocycles. The van der Waals surface area contributed by atoms with Crippen molar-refractivity contribution in [3.05, 3.63) is 96.1 Å². The third-order valence-corrected chi connectivity index (χ3v) is 5.25. The standard InChI is InChI=1S/C23H21N3OS/c24-15-16-28-21-14-8-7-13-20(21)26-22(27)17-25-23(18-9-3-1-4-10-18)19-11-5-2-6-12-19/h1-14,23,25H,16-17H2,(H,26,27)/p+1. The maximum Gasteiger partial charge on any atom is 0.279 e. The molecule has 3 aromatic rings. The summed E-state index contributed by atoms with van der Waals surface area (Å²) in [4.78, 5) is 13.5. The lowest BCUT2D eigenvalue weighted by Gasteiger charge is -2.17. The number of carbonyl (C=O) groups is 1. The monoisotopic (exact) mass is 388 g/mol. The number of benzene rings is 3. The number of hydrogen-bond donors (Lipinski definition) is 2. The molecule has 28 heavy (non-hydrogen) atoms. The zero-order valence-electron chi connectivity index (χ0n) is 15.4. The van der Waals surface area contributed by atoms with Crippen LogP contribution in [0, 0.1) is 11.3 Å². The number of nitrogens with two attached hydrogens (primary N) is 1. The van der Waals surface area contributed by atoms with E-state index in [1.807, 2.05) is 66.0 Å². The molecule has 0 spiro atoms. The molecular formula is C23H22N3OS+. The number of thioether (sulfide) groups is 1. The van der Waals surface area contributed by atoms with Gasteiger partial charge in [0.2, 0.25) is 0 Å². The van der Waals surface area contributed by atoms with E-state index in [1.54, 1.807) is 0 Å². The van der Waals surface area contributed by atoms with E-state index in [2.05, 4.69) is 35.7 Å². The molecule has 140 valence electrons. The summed E-state index contributed by atoms with van der Waals surface area (Å²) in [5.41, 5.74) is 3.06. The number of nitrogens with zero attached hydrogens (tertiary/aromatic N) is 1. The minimum Gasteiger partial charge on any atom is -0.328 e. The van der Waals surface area contributed by atoms with Crippen LogP contribution in [-0.4, -0.2) is 18.2 Å². The molecule has 3 aromatic carbocycles. The lowest BCUT2D eigenvalue weighted by molar-refractivity contribution is -0.676. The van der Waals surface area contributed by atoms with Crippen LogP contribution in [0.25, 0.3) is 0 Å². The summed E-state index contributed by atoms with van der Waals surface area (Å²) in [5.74, 6) is 0.283. The van der Waals surface area contributed by atoms with Gasteiger partial charge in [0, 0.05) is 16.0 Å². The normalized spacial score (nSPS) is 10.4. The molecule has 1 amide bonds. The summed E-state index contributed by atoms with van der Waals surface area (Å²) in [5, 5.41) is 13.8. The highest BCUT2D eigenvalue weighted by Gasteiger charge is 2.19. The predicted molar refractivity (Wildman–Crippen MR) is 113 cm³/mol. The molecule has 0 bridgehead atoms. The molecule has 4 nitrogen and oxygen atoms in total. The van der Waals surface area contributed by atoms with E-state index in [-0.39, 0.29) is 11.9 Å². The molecule has 0 heterocycles. The van der Waals surface area contributed by atoms with Crippen molar-refractivity contribution in [2.45, 2.75) is 10.9 Å². The Bertz CT molecular complexity index is 899. The van der Waals surface area contributed by atoms with Crippen LogP contribution in [0.1, 0.15) is 17.2 Å². The zero-order chi connectivity index (χ0) is 19.6. The van der Waals surface area contributed by atoms with Crippen LogP contribution in [-0.2, 0) is 4.79 Å². The number of para-hydroxylation sites is 1. The van der Waals surface area contributed by atoms with Gasteiger partial charge in [-0.2, -0.15) is 5.26 Å². The van der Waals surface area contributed by atoms with Gasteiger partial charge in [-0.3, -0.25) is 4.79 Å². The maximum absolute atomic E-state index is 12.6. The predicted octanol–water partition coefficient (Wildman–Crippen LogP) is 3.59. The summed E-state index contributed by atoms with van der Waals surface area (Å²) >= 11 is 1.42. The fraction of sp³-hybridized carbons (Fsp3) is 0.130. The molecule has 0 atom stereocenters. The van der Waals surface area contributed by atoms with Crippen molar-refractivity contribution in [1.82, 2.24) is 0 Å². The van der Waals surface area contributed by atoms with Crippen LogP contribution in [0.2, 0.25) is 0 Å². The molecule has 3 N–H and O–H groups in total. The molecule has 5 heteroatoms. The first-order valence-electron chi connectivity index (χ1n) is 9.10. The minimum absolute atomic E-state index is 0.0522. The second kappa shape index (κ2) is 10.3. The Hall–Kier alpha value is -3.07. The molecule has 0 saturated heterocycles. The van der Waals surface area contributed by atoms with Gasteiger partial charge in [0.1, 0.15) is 6.04 Å². The van der Waals surface area contributed by atoms with E-state index in [1.165, 1.54) is 11.8 Å². The van der Waals surface area contributed by atoms with Gasteiger partial charge in [0.05, 0.1) is 17.5 Å². The molecule has 0 aliphatic rings. The fourth-order valence-electron chi connectivity index (χ4n) is 3.02. The molecule has 3 rings (SSSR count). The van der Waals surface area contributed by atoms with Gasteiger partial charge in [0.15, 0.2) is 6.54 Å². The average Bonchev–Trinajstić information content (AvgIpc) is 2.75. The van der Waals surface area contributed by atoms with E-state index in [4.69, 9.17) is 5.26 Å². The van der Waals surface area contributed by atoms with Crippen LogP contribution >= 0.6 is 11.8 Å². The van der Waals surface area contributed by atoms with Crippen LogP contribution in [0.5, 0.6) is 0 Å². The van der Waals surface area contributed by atoms with Crippen LogP contribution < -0.4 is 10.6 Å². The van der Waals surface area contributed by atoms with Gasteiger partial charge in [-0.15, -0.1) is 11.8 Å². The van der Waals surface area contributed by atoms with Crippen molar-refractivity contribution in [1.29, 1.82) is 5.26 Å². The van der Waals surface area contributed by atoms with E-state index in [9.17, 15) is 4.79 Å². The molecular weight excluding hydrogens is 366 g/mol. The quantitative estimate of drug-likeness (QED) is 0.580. The van der Waals surface area contributed by atoms with Gasteiger partial charge in [0.25, 0.3) is 5.91 Å². The lowest BCUT2D eigenvalue weighted by atomic mass is 9.99. The number of nitriles is 1. The smallest absolute Gasteiger partial charge is 0.279 e. The Morgan fingerprint density at radius 3 is 2.11 bits per heavy atom. The highest BCUT2D eigenvalue weighted by atomic mass is 32.2. The molecule has 0 unspecified atom stereocenters. The van der Waals surface area contributed by atoms with Crippen molar-refractivity contribution < 1.29 is 10.1 Å².